The zero-order valence-corrected chi connectivity index (χ0v) is 27.6. The molecule has 5 aromatic rings. The lowest BCUT2D eigenvalue weighted by Crippen LogP contribution is -2.18. The highest BCUT2D eigenvalue weighted by molar-refractivity contribution is 6.11. The number of carbonyl (C=O) groups is 3. The maximum Gasteiger partial charge on any atom is 0.336 e. The van der Waals surface area contributed by atoms with Crippen LogP contribution >= 0.6 is 0 Å². The van der Waals surface area contributed by atoms with Crippen molar-refractivity contribution in [3.63, 3.8) is 0 Å². The largest absolute Gasteiger partial charge is 0.497 e. The lowest BCUT2D eigenvalue weighted by atomic mass is 9.78. The number of rotatable bonds is 11. The number of nitrogens with one attached hydrogen (secondary N) is 2. The Kier molecular flexibility index (Phi) is 9.94. The predicted molar refractivity (Wildman–Crippen MR) is 188 cm³/mol. The van der Waals surface area contributed by atoms with Gasteiger partial charge in [-0.05, 0) is 96.8 Å². The highest BCUT2D eigenvalue weighted by atomic mass is 16.5. The molecule has 8 heteroatoms. The molecule has 0 fully saturated rings. The van der Waals surface area contributed by atoms with Gasteiger partial charge in [0.25, 0.3) is 11.8 Å². The number of hydrogen-bond acceptors (Lipinski definition) is 5. The molecule has 5 aromatic carbocycles. The van der Waals surface area contributed by atoms with Crippen LogP contribution in [0.2, 0.25) is 0 Å². The average molecular weight is 643 g/mol. The second kappa shape index (κ2) is 14.3. The van der Waals surface area contributed by atoms with Gasteiger partial charge in [-0.25, -0.2) is 4.79 Å². The topological polar surface area (TPSA) is 114 Å². The van der Waals surface area contributed by atoms with Gasteiger partial charge in [0.15, 0.2) is 0 Å². The molecule has 0 saturated carbocycles. The molecule has 0 unspecified atom stereocenters. The van der Waals surface area contributed by atoms with Crippen molar-refractivity contribution in [3.8, 4) is 17.2 Å². The van der Waals surface area contributed by atoms with Crippen LogP contribution in [0.15, 0.2) is 109 Å². The quantitative estimate of drug-likeness (QED) is 0.133. The minimum Gasteiger partial charge on any atom is -0.497 e. The summed E-state index contributed by atoms with van der Waals surface area (Å²) in [4.78, 5) is 38.2. The van der Waals surface area contributed by atoms with Crippen LogP contribution in [0.4, 0.5) is 11.4 Å². The summed E-state index contributed by atoms with van der Waals surface area (Å²) in [6.07, 6.45) is 0.636. The standard InChI is InChI=1S/C40H38N2O6/c1-6-26-11-16-33(48-32-19-14-28(15-20-32)40(3,4)27-12-17-31(47-5)18-13-27)24-35(26)37(43)41-29-8-7-9-30(23-29)42-38(44)36-22-25(2)10-21-34(36)39(45)46/h7-24H,6H2,1-5H3,(H,41,43)(H,42,44)(H,45,46). The van der Waals surface area contributed by atoms with Crippen molar-refractivity contribution in [2.75, 3.05) is 17.7 Å². The fourth-order valence-corrected chi connectivity index (χ4v) is 5.49. The number of carbonyl (C=O) groups excluding carboxylic acids is 2. The fourth-order valence-electron chi connectivity index (χ4n) is 5.49. The molecular weight excluding hydrogens is 604 g/mol. The molecule has 0 bridgehead atoms. The van der Waals surface area contributed by atoms with Gasteiger partial charge in [-0.2, -0.15) is 0 Å². The van der Waals surface area contributed by atoms with E-state index in [0.29, 0.717) is 34.9 Å². The lowest BCUT2D eigenvalue weighted by Gasteiger charge is -2.26. The molecule has 0 aliphatic heterocycles. The molecule has 0 spiro atoms. The predicted octanol–water partition coefficient (Wildman–Crippen LogP) is 8.89. The maximum atomic E-state index is 13.5. The Morgan fingerprint density at radius 3 is 1.79 bits per heavy atom. The number of ether oxygens (including phenoxy) is 2. The summed E-state index contributed by atoms with van der Waals surface area (Å²) in [6.45, 7) is 8.09. The molecule has 0 saturated heterocycles. The third-order valence-electron chi connectivity index (χ3n) is 8.36. The second-order valence-corrected chi connectivity index (χ2v) is 12.0. The van der Waals surface area contributed by atoms with Crippen molar-refractivity contribution in [2.24, 2.45) is 0 Å². The summed E-state index contributed by atoms with van der Waals surface area (Å²) in [7, 11) is 1.65. The van der Waals surface area contributed by atoms with Crippen molar-refractivity contribution in [2.45, 2.75) is 39.5 Å². The number of anilines is 2. The third-order valence-corrected chi connectivity index (χ3v) is 8.36. The molecule has 3 N–H and O–H groups in total. The van der Waals surface area contributed by atoms with E-state index in [9.17, 15) is 19.5 Å². The Morgan fingerprint density at radius 1 is 0.667 bits per heavy atom. The molecular formula is C40H38N2O6. The molecule has 0 heterocycles. The average Bonchev–Trinajstić information content (AvgIpc) is 3.08. The van der Waals surface area contributed by atoms with Crippen LogP contribution in [0.25, 0.3) is 0 Å². The molecule has 8 nitrogen and oxygen atoms in total. The summed E-state index contributed by atoms with van der Waals surface area (Å²) in [6, 6.07) is 32.7. The zero-order valence-electron chi connectivity index (χ0n) is 27.6. The third kappa shape index (κ3) is 7.56. The van der Waals surface area contributed by atoms with E-state index in [4.69, 9.17) is 9.47 Å². The van der Waals surface area contributed by atoms with Gasteiger partial charge in [-0.1, -0.05) is 68.8 Å². The van der Waals surface area contributed by atoms with Gasteiger partial charge >= 0.3 is 5.97 Å². The first-order valence-corrected chi connectivity index (χ1v) is 15.6. The van der Waals surface area contributed by atoms with Crippen LogP contribution in [0, 0.1) is 6.92 Å². The van der Waals surface area contributed by atoms with E-state index in [1.54, 1.807) is 50.4 Å². The highest BCUT2D eigenvalue weighted by Gasteiger charge is 2.23. The van der Waals surface area contributed by atoms with Crippen molar-refractivity contribution >= 4 is 29.2 Å². The van der Waals surface area contributed by atoms with Crippen LogP contribution in [0.3, 0.4) is 0 Å². The van der Waals surface area contributed by atoms with Crippen LogP contribution in [0.5, 0.6) is 17.2 Å². The fraction of sp³-hybridized carbons (Fsp3) is 0.175. The minimum atomic E-state index is -1.19. The van der Waals surface area contributed by atoms with E-state index >= 15 is 0 Å². The van der Waals surface area contributed by atoms with Crippen LogP contribution in [0.1, 0.15) is 74.1 Å². The van der Waals surface area contributed by atoms with E-state index in [1.165, 1.54) is 12.1 Å². The Morgan fingerprint density at radius 2 is 1.23 bits per heavy atom. The van der Waals surface area contributed by atoms with E-state index in [0.717, 1.165) is 28.0 Å². The SMILES string of the molecule is CCc1ccc(Oc2ccc(C(C)(C)c3ccc(OC)cc3)cc2)cc1C(=O)Nc1cccc(NC(=O)c2cc(C)ccc2C(=O)O)c1. The highest BCUT2D eigenvalue weighted by Crippen LogP contribution is 2.34. The zero-order chi connectivity index (χ0) is 34.4. The van der Waals surface area contributed by atoms with Gasteiger partial charge in [0.05, 0.1) is 18.2 Å². The molecule has 2 amide bonds. The van der Waals surface area contributed by atoms with Crippen LogP contribution < -0.4 is 20.1 Å². The number of aromatic carboxylic acids is 1. The summed E-state index contributed by atoms with van der Waals surface area (Å²) >= 11 is 0. The van der Waals surface area contributed by atoms with E-state index in [1.807, 2.05) is 55.5 Å². The van der Waals surface area contributed by atoms with Crippen molar-refractivity contribution < 1.29 is 29.0 Å². The number of carboxylic acids is 1. The van der Waals surface area contributed by atoms with Crippen molar-refractivity contribution in [3.05, 3.63) is 148 Å². The molecule has 0 aliphatic rings. The second-order valence-electron chi connectivity index (χ2n) is 12.0. The Bertz CT molecular complexity index is 1960. The molecule has 244 valence electrons. The molecule has 0 aromatic heterocycles. The van der Waals surface area contributed by atoms with Gasteiger partial charge in [0, 0.05) is 22.4 Å². The Labute approximate surface area is 280 Å². The summed E-state index contributed by atoms with van der Waals surface area (Å²) in [5.41, 5.74) is 4.95. The normalized spacial score (nSPS) is 11.0. The van der Waals surface area contributed by atoms with Crippen molar-refractivity contribution in [1.29, 1.82) is 0 Å². The summed E-state index contributed by atoms with van der Waals surface area (Å²) in [5, 5.41) is 15.2. The van der Waals surface area contributed by atoms with Crippen LogP contribution in [-0.2, 0) is 11.8 Å². The van der Waals surface area contributed by atoms with Gasteiger partial charge in [0.1, 0.15) is 17.2 Å². The summed E-state index contributed by atoms with van der Waals surface area (Å²) in [5.74, 6) is -0.103. The van der Waals surface area contributed by atoms with Gasteiger partial charge < -0.3 is 25.2 Å². The Balaban J connectivity index is 1.29. The van der Waals surface area contributed by atoms with Gasteiger partial charge in [-0.3, -0.25) is 9.59 Å². The monoisotopic (exact) mass is 642 g/mol. The lowest BCUT2D eigenvalue weighted by molar-refractivity contribution is 0.0692. The smallest absolute Gasteiger partial charge is 0.336 e. The number of carboxylic acid groups (broad SMARTS) is 1. The molecule has 5 rings (SSSR count). The number of methoxy groups -OCH3 is 1. The maximum absolute atomic E-state index is 13.5. The van der Waals surface area contributed by atoms with E-state index in [2.05, 4.69) is 36.6 Å². The first-order valence-electron chi connectivity index (χ1n) is 15.6. The first-order chi connectivity index (χ1) is 23.0. The summed E-state index contributed by atoms with van der Waals surface area (Å²) < 4.78 is 11.5. The Hall–Kier alpha value is -5.89. The van der Waals surface area contributed by atoms with E-state index < -0.39 is 11.9 Å². The first kappa shape index (κ1) is 33.5. The molecule has 48 heavy (non-hydrogen) atoms. The number of hydrogen-bond donors (Lipinski definition) is 3. The molecule has 0 aliphatic carbocycles. The van der Waals surface area contributed by atoms with Gasteiger partial charge in [0.2, 0.25) is 0 Å². The number of benzene rings is 5. The minimum absolute atomic E-state index is 0.0527. The number of aryl methyl sites for hydroxylation is 2. The van der Waals surface area contributed by atoms with Crippen molar-refractivity contribution in [1.82, 2.24) is 0 Å². The van der Waals surface area contributed by atoms with Crippen LogP contribution in [-0.4, -0.2) is 30.0 Å². The molecule has 0 radical (unpaired) electrons. The molecule has 0 atom stereocenters. The van der Waals surface area contributed by atoms with E-state index in [-0.39, 0.29) is 22.4 Å². The van der Waals surface area contributed by atoms with Gasteiger partial charge in [-0.15, -0.1) is 0 Å². The number of amides is 2.